The average Bonchev–Trinajstić information content (AvgIpc) is 3.02. The SMILES string of the molecule is CCNC(=NCC(O)c1cc(OC)cc(OC)c1)NCCc1nc(C)c(C)s1. The van der Waals surface area contributed by atoms with Crippen LogP contribution < -0.4 is 20.1 Å². The minimum absolute atomic E-state index is 0.223. The molecule has 0 amide bonds. The van der Waals surface area contributed by atoms with Crippen LogP contribution >= 0.6 is 11.3 Å². The van der Waals surface area contributed by atoms with Gasteiger partial charge in [-0.1, -0.05) is 0 Å². The number of nitrogens with zero attached hydrogens (tertiary/aromatic N) is 2. The van der Waals surface area contributed by atoms with Gasteiger partial charge in [0.1, 0.15) is 11.5 Å². The summed E-state index contributed by atoms with van der Waals surface area (Å²) < 4.78 is 10.5. The second-order valence-corrected chi connectivity index (χ2v) is 7.60. The monoisotopic (exact) mass is 406 g/mol. The Morgan fingerprint density at radius 3 is 2.39 bits per heavy atom. The van der Waals surface area contributed by atoms with Gasteiger partial charge in [-0.05, 0) is 38.5 Å². The third kappa shape index (κ3) is 6.38. The second-order valence-electron chi connectivity index (χ2n) is 6.31. The Bertz CT molecular complexity index is 750. The van der Waals surface area contributed by atoms with Gasteiger partial charge in [0.25, 0.3) is 0 Å². The molecule has 0 radical (unpaired) electrons. The van der Waals surface area contributed by atoms with Crippen molar-refractivity contribution < 1.29 is 14.6 Å². The van der Waals surface area contributed by atoms with E-state index in [1.54, 1.807) is 43.8 Å². The summed E-state index contributed by atoms with van der Waals surface area (Å²) in [5.41, 5.74) is 1.79. The summed E-state index contributed by atoms with van der Waals surface area (Å²) in [4.78, 5) is 10.3. The van der Waals surface area contributed by atoms with Gasteiger partial charge in [-0.2, -0.15) is 0 Å². The summed E-state index contributed by atoms with van der Waals surface area (Å²) in [5.74, 6) is 1.94. The zero-order chi connectivity index (χ0) is 20.5. The van der Waals surface area contributed by atoms with Crippen LogP contribution in [0, 0.1) is 13.8 Å². The van der Waals surface area contributed by atoms with Crippen molar-refractivity contribution in [2.24, 2.45) is 4.99 Å². The van der Waals surface area contributed by atoms with Crippen LogP contribution in [0.25, 0.3) is 0 Å². The molecule has 7 nitrogen and oxygen atoms in total. The first-order valence-corrected chi connectivity index (χ1v) is 10.1. The molecule has 1 aromatic heterocycles. The molecule has 0 saturated heterocycles. The van der Waals surface area contributed by atoms with Crippen LogP contribution in [-0.4, -0.2) is 49.9 Å². The predicted octanol–water partition coefficient (Wildman–Crippen LogP) is 2.61. The fourth-order valence-electron chi connectivity index (χ4n) is 2.58. The molecular weight excluding hydrogens is 376 g/mol. The van der Waals surface area contributed by atoms with Crippen molar-refractivity contribution in [3.05, 3.63) is 39.3 Å². The molecule has 1 unspecified atom stereocenters. The minimum Gasteiger partial charge on any atom is -0.497 e. The molecule has 3 N–H and O–H groups in total. The topological polar surface area (TPSA) is 88.0 Å². The molecule has 1 atom stereocenters. The van der Waals surface area contributed by atoms with E-state index in [0.29, 0.717) is 23.0 Å². The number of hydrogen-bond donors (Lipinski definition) is 3. The Morgan fingerprint density at radius 2 is 1.86 bits per heavy atom. The molecule has 0 aliphatic heterocycles. The van der Waals surface area contributed by atoms with Gasteiger partial charge in [0.05, 0.1) is 37.6 Å². The van der Waals surface area contributed by atoms with Gasteiger partial charge in [0.15, 0.2) is 5.96 Å². The molecule has 154 valence electrons. The Kier molecular flexibility index (Phi) is 8.53. The van der Waals surface area contributed by atoms with Crippen LogP contribution in [0.1, 0.15) is 34.2 Å². The molecule has 8 heteroatoms. The number of aliphatic hydroxyl groups is 1. The summed E-state index contributed by atoms with van der Waals surface area (Å²) in [6.45, 7) is 7.81. The number of aryl methyl sites for hydroxylation is 2. The highest BCUT2D eigenvalue weighted by Gasteiger charge is 2.11. The maximum atomic E-state index is 10.5. The van der Waals surface area contributed by atoms with Crippen molar-refractivity contribution in [3.8, 4) is 11.5 Å². The van der Waals surface area contributed by atoms with E-state index in [4.69, 9.17) is 9.47 Å². The summed E-state index contributed by atoms with van der Waals surface area (Å²) >= 11 is 1.73. The van der Waals surface area contributed by atoms with Crippen molar-refractivity contribution in [1.82, 2.24) is 15.6 Å². The Labute approximate surface area is 170 Å². The molecule has 28 heavy (non-hydrogen) atoms. The number of thiazole rings is 1. The van der Waals surface area contributed by atoms with Crippen LogP contribution in [0.5, 0.6) is 11.5 Å². The van der Waals surface area contributed by atoms with E-state index >= 15 is 0 Å². The number of nitrogens with one attached hydrogen (secondary N) is 2. The van der Waals surface area contributed by atoms with Gasteiger partial charge < -0.3 is 25.2 Å². The van der Waals surface area contributed by atoms with Gasteiger partial charge in [0.2, 0.25) is 0 Å². The molecule has 2 aromatic rings. The average molecular weight is 407 g/mol. The molecule has 0 spiro atoms. The largest absolute Gasteiger partial charge is 0.497 e. The molecular formula is C20H30N4O3S. The quantitative estimate of drug-likeness (QED) is 0.438. The number of aromatic nitrogens is 1. The van der Waals surface area contributed by atoms with E-state index in [1.807, 2.05) is 13.8 Å². The van der Waals surface area contributed by atoms with Crippen LogP contribution in [0.2, 0.25) is 0 Å². The highest BCUT2D eigenvalue weighted by Crippen LogP contribution is 2.26. The lowest BCUT2D eigenvalue weighted by Crippen LogP contribution is -2.38. The lowest BCUT2D eigenvalue weighted by Gasteiger charge is -2.14. The molecule has 1 heterocycles. The number of aliphatic imine (C=N–C) groups is 1. The first kappa shape index (κ1) is 22.0. The smallest absolute Gasteiger partial charge is 0.191 e. The van der Waals surface area contributed by atoms with Crippen LogP contribution in [-0.2, 0) is 6.42 Å². The fourth-order valence-corrected chi connectivity index (χ4v) is 3.51. The number of ether oxygens (including phenoxy) is 2. The summed E-state index contributed by atoms with van der Waals surface area (Å²) in [6, 6.07) is 5.35. The van der Waals surface area contributed by atoms with Gasteiger partial charge in [-0.25, -0.2) is 4.98 Å². The maximum absolute atomic E-state index is 10.5. The standard InChI is InChI=1S/C20H30N4O3S/c1-6-21-20(22-8-7-19-24-13(2)14(3)28-19)23-12-18(25)15-9-16(26-4)11-17(10-15)27-5/h9-11,18,25H,6-8,12H2,1-5H3,(H2,21,22,23). The summed E-state index contributed by atoms with van der Waals surface area (Å²) in [7, 11) is 3.17. The van der Waals surface area contributed by atoms with Crippen LogP contribution in [0.15, 0.2) is 23.2 Å². The lowest BCUT2D eigenvalue weighted by atomic mass is 10.1. The van der Waals surface area contributed by atoms with Crippen molar-refractivity contribution in [2.45, 2.75) is 33.3 Å². The number of benzene rings is 1. The van der Waals surface area contributed by atoms with Crippen molar-refractivity contribution >= 4 is 17.3 Å². The normalized spacial score (nSPS) is 12.6. The molecule has 0 fully saturated rings. The number of guanidine groups is 1. The Hall–Kier alpha value is -2.32. The number of methoxy groups -OCH3 is 2. The van der Waals surface area contributed by atoms with E-state index in [1.165, 1.54) is 4.88 Å². The van der Waals surface area contributed by atoms with Crippen molar-refractivity contribution in [2.75, 3.05) is 33.9 Å². The van der Waals surface area contributed by atoms with Crippen LogP contribution in [0.3, 0.4) is 0 Å². The molecule has 2 rings (SSSR count). The summed E-state index contributed by atoms with van der Waals surface area (Å²) in [6.07, 6.45) is 0.0723. The second kappa shape index (κ2) is 10.9. The number of hydrogen-bond acceptors (Lipinski definition) is 6. The third-order valence-corrected chi connectivity index (χ3v) is 5.36. The van der Waals surface area contributed by atoms with E-state index < -0.39 is 6.10 Å². The molecule has 0 aliphatic carbocycles. The fraction of sp³-hybridized carbons (Fsp3) is 0.500. The lowest BCUT2D eigenvalue weighted by molar-refractivity contribution is 0.186. The number of aliphatic hydroxyl groups excluding tert-OH is 1. The van der Waals surface area contributed by atoms with E-state index in [2.05, 4.69) is 27.5 Å². The molecule has 0 aliphatic rings. The summed E-state index contributed by atoms with van der Waals surface area (Å²) in [5, 5.41) is 18.1. The third-order valence-electron chi connectivity index (χ3n) is 4.23. The van der Waals surface area contributed by atoms with Crippen LogP contribution in [0.4, 0.5) is 0 Å². The molecule has 1 aromatic carbocycles. The van der Waals surface area contributed by atoms with Crippen molar-refractivity contribution in [1.29, 1.82) is 0 Å². The Morgan fingerprint density at radius 1 is 1.18 bits per heavy atom. The van der Waals surface area contributed by atoms with Crippen molar-refractivity contribution in [3.63, 3.8) is 0 Å². The number of rotatable bonds is 9. The minimum atomic E-state index is -0.760. The van der Waals surface area contributed by atoms with Gasteiger partial charge in [-0.3, -0.25) is 4.99 Å². The van der Waals surface area contributed by atoms with Gasteiger partial charge in [0, 0.05) is 30.5 Å². The molecule has 0 bridgehead atoms. The first-order valence-electron chi connectivity index (χ1n) is 9.32. The Balaban J connectivity index is 1.97. The van der Waals surface area contributed by atoms with Gasteiger partial charge in [-0.15, -0.1) is 11.3 Å². The zero-order valence-electron chi connectivity index (χ0n) is 17.2. The first-order chi connectivity index (χ1) is 13.5. The zero-order valence-corrected chi connectivity index (χ0v) is 18.0. The van der Waals surface area contributed by atoms with E-state index in [-0.39, 0.29) is 6.54 Å². The van der Waals surface area contributed by atoms with Gasteiger partial charge >= 0.3 is 0 Å². The highest BCUT2D eigenvalue weighted by atomic mass is 32.1. The molecule has 0 saturated carbocycles. The van der Waals surface area contributed by atoms with E-state index in [0.717, 1.165) is 30.2 Å². The van der Waals surface area contributed by atoms with E-state index in [9.17, 15) is 5.11 Å². The highest BCUT2D eigenvalue weighted by molar-refractivity contribution is 7.11. The maximum Gasteiger partial charge on any atom is 0.191 e. The predicted molar refractivity (Wildman–Crippen MR) is 114 cm³/mol.